The smallest absolute Gasteiger partial charge is 0.311 e. The first-order valence-electron chi connectivity index (χ1n) is 6.02. The Morgan fingerprint density at radius 1 is 1.38 bits per heavy atom. The lowest BCUT2D eigenvalue weighted by molar-refractivity contribution is -0.384. The van der Waals surface area contributed by atoms with Gasteiger partial charge in [0.1, 0.15) is 11.6 Å². The summed E-state index contributed by atoms with van der Waals surface area (Å²) in [6, 6.07) is 7.11. The number of benzene rings is 1. The fraction of sp³-hybridized carbons (Fsp3) is 0.154. The minimum atomic E-state index is -0.521. The Morgan fingerprint density at radius 2 is 2.14 bits per heavy atom. The van der Waals surface area contributed by atoms with Gasteiger partial charge in [0, 0.05) is 19.7 Å². The Bertz CT molecular complexity index is 681. The van der Waals surface area contributed by atoms with Crippen LogP contribution in [0.15, 0.2) is 30.3 Å². The summed E-state index contributed by atoms with van der Waals surface area (Å²) < 4.78 is 13.1. The lowest BCUT2D eigenvalue weighted by Crippen LogP contribution is -2.06. The van der Waals surface area contributed by atoms with Gasteiger partial charge in [0.25, 0.3) is 0 Å². The minimum absolute atomic E-state index is 0.000680. The van der Waals surface area contributed by atoms with Crippen molar-refractivity contribution in [2.75, 3.05) is 17.7 Å². The van der Waals surface area contributed by atoms with E-state index in [9.17, 15) is 14.5 Å². The van der Waals surface area contributed by atoms with E-state index in [2.05, 4.69) is 15.6 Å². The number of nitrogens with zero attached hydrogens (tertiary/aromatic N) is 2. The first-order chi connectivity index (χ1) is 10.0. The van der Waals surface area contributed by atoms with E-state index < -0.39 is 10.7 Å². The maximum Gasteiger partial charge on any atom is 0.311 e. The molecule has 0 amide bonds. The molecule has 1 aromatic carbocycles. The summed E-state index contributed by atoms with van der Waals surface area (Å²) in [6.45, 7) is 0.237. The van der Waals surface area contributed by atoms with E-state index in [0.29, 0.717) is 11.4 Å². The molecule has 110 valence electrons. The predicted molar refractivity (Wildman–Crippen MR) is 79.2 cm³/mol. The van der Waals surface area contributed by atoms with Crippen molar-refractivity contribution in [1.29, 1.82) is 0 Å². The van der Waals surface area contributed by atoms with E-state index in [4.69, 9.17) is 11.6 Å². The zero-order valence-corrected chi connectivity index (χ0v) is 11.8. The van der Waals surface area contributed by atoms with E-state index >= 15 is 0 Å². The highest BCUT2D eigenvalue weighted by Gasteiger charge is 2.15. The maximum atomic E-state index is 13.1. The number of nitro groups is 1. The molecule has 21 heavy (non-hydrogen) atoms. The molecule has 0 atom stereocenters. The Morgan fingerprint density at radius 3 is 2.76 bits per heavy atom. The molecule has 6 nitrogen and oxygen atoms in total. The number of aromatic nitrogens is 1. The molecule has 0 spiro atoms. The van der Waals surface area contributed by atoms with Crippen molar-refractivity contribution in [2.45, 2.75) is 6.54 Å². The van der Waals surface area contributed by atoms with Gasteiger partial charge >= 0.3 is 5.69 Å². The lowest BCUT2D eigenvalue weighted by atomic mass is 10.2. The summed E-state index contributed by atoms with van der Waals surface area (Å²) in [5, 5.41) is 16.6. The average Bonchev–Trinajstić information content (AvgIpc) is 2.48. The van der Waals surface area contributed by atoms with Gasteiger partial charge in [0.05, 0.1) is 9.95 Å². The summed E-state index contributed by atoms with van der Waals surface area (Å²) in [5.74, 6) is 0.120. The van der Waals surface area contributed by atoms with Gasteiger partial charge in [-0.15, -0.1) is 0 Å². The molecule has 0 aliphatic rings. The van der Waals surface area contributed by atoms with Crippen LogP contribution in [0, 0.1) is 15.9 Å². The number of anilines is 2. The van der Waals surface area contributed by atoms with E-state index in [1.165, 1.54) is 24.3 Å². The Balaban J connectivity index is 2.21. The third-order valence-electron chi connectivity index (χ3n) is 2.77. The summed E-state index contributed by atoms with van der Waals surface area (Å²) in [4.78, 5) is 14.5. The van der Waals surface area contributed by atoms with Crippen LogP contribution in [0.1, 0.15) is 5.56 Å². The molecule has 2 rings (SSSR count). The molecule has 0 saturated heterocycles. The number of rotatable bonds is 5. The van der Waals surface area contributed by atoms with Gasteiger partial charge in [-0.1, -0.05) is 17.7 Å². The van der Waals surface area contributed by atoms with Crippen LogP contribution in [0.3, 0.4) is 0 Å². The number of hydrogen-bond donors (Lipinski definition) is 2. The fourth-order valence-corrected chi connectivity index (χ4v) is 1.91. The molecule has 8 heteroatoms. The van der Waals surface area contributed by atoms with E-state index in [0.717, 1.165) is 0 Å². The number of halogens is 2. The highest BCUT2D eigenvalue weighted by atomic mass is 35.5. The van der Waals surface area contributed by atoms with Crippen LogP contribution in [-0.2, 0) is 6.54 Å². The summed E-state index contributed by atoms with van der Waals surface area (Å²) in [5.41, 5.74) is 0.551. The number of pyridine rings is 1. The van der Waals surface area contributed by atoms with Crippen molar-refractivity contribution in [3.05, 3.63) is 56.8 Å². The van der Waals surface area contributed by atoms with Crippen LogP contribution in [0.2, 0.25) is 5.02 Å². The fourth-order valence-electron chi connectivity index (χ4n) is 1.70. The second kappa shape index (κ2) is 6.36. The standard InChI is InChI=1S/C13H12ClFN4O2/c1-16-12-5-4-11(19(20)21)13(18-12)17-7-8-2-3-10(15)9(14)6-8/h2-6H,7H2,1H3,(H2,16,17,18). The SMILES string of the molecule is CNc1ccc([N+](=O)[O-])c(NCc2ccc(F)c(Cl)c2)n1. The molecule has 0 bridgehead atoms. The molecule has 1 aromatic heterocycles. The van der Waals surface area contributed by atoms with Crippen molar-refractivity contribution in [2.24, 2.45) is 0 Å². The molecule has 2 N–H and O–H groups in total. The van der Waals surface area contributed by atoms with Crippen LogP contribution in [0.25, 0.3) is 0 Å². The molecule has 1 heterocycles. The van der Waals surface area contributed by atoms with Gasteiger partial charge in [-0.05, 0) is 23.8 Å². The number of nitrogens with one attached hydrogen (secondary N) is 2. The lowest BCUT2D eigenvalue weighted by Gasteiger charge is -2.08. The summed E-state index contributed by atoms with van der Waals surface area (Å²) in [6.07, 6.45) is 0. The first kappa shape index (κ1) is 15.0. The van der Waals surface area contributed by atoms with Crippen molar-refractivity contribution in [3.8, 4) is 0 Å². The van der Waals surface area contributed by atoms with Crippen molar-refractivity contribution in [3.63, 3.8) is 0 Å². The monoisotopic (exact) mass is 310 g/mol. The second-order valence-corrected chi connectivity index (χ2v) is 4.58. The quantitative estimate of drug-likeness (QED) is 0.653. The van der Waals surface area contributed by atoms with Gasteiger partial charge in [0.2, 0.25) is 5.82 Å². The van der Waals surface area contributed by atoms with Gasteiger partial charge in [-0.25, -0.2) is 9.37 Å². The van der Waals surface area contributed by atoms with Crippen LogP contribution in [-0.4, -0.2) is 17.0 Å². The number of hydrogen-bond acceptors (Lipinski definition) is 5. The average molecular weight is 311 g/mol. The van der Waals surface area contributed by atoms with Gasteiger partial charge in [0.15, 0.2) is 0 Å². The van der Waals surface area contributed by atoms with Crippen LogP contribution in [0.4, 0.5) is 21.7 Å². The van der Waals surface area contributed by atoms with Crippen molar-refractivity contribution < 1.29 is 9.31 Å². The van der Waals surface area contributed by atoms with Crippen LogP contribution >= 0.6 is 11.6 Å². The predicted octanol–water partition coefficient (Wildman–Crippen LogP) is 3.44. The first-order valence-corrected chi connectivity index (χ1v) is 6.40. The van der Waals surface area contributed by atoms with E-state index in [1.54, 1.807) is 13.1 Å². The molecule has 0 unspecified atom stereocenters. The van der Waals surface area contributed by atoms with Gasteiger partial charge in [-0.2, -0.15) is 0 Å². The highest BCUT2D eigenvalue weighted by Crippen LogP contribution is 2.25. The molecule has 0 fully saturated rings. The van der Waals surface area contributed by atoms with Gasteiger partial charge in [-0.3, -0.25) is 10.1 Å². The van der Waals surface area contributed by atoms with Crippen molar-refractivity contribution >= 4 is 28.9 Å². The molecule has 0 aliphatic carbocycles. The van der Waals surface area contributed by atoms with Gasteiger partial charge < -0.3 is 10.6 Å². The largest absolute Gasteiger partial charge is 0.373 e. The Kier molecular flexibility index (Phi) is 4.54. The van der Waals surface area contributed by atoms with Crippen LogP contribution in [0.5, 0.6) is 0 Å². The zero-order chi connectivity index (χ0) is 15.4. The maximum absolute atomic E-state index is 13.1. The highest BCUT2D eigenvalue weighted by molar-refractivity contribution is 6.30. The molecule has 2 aromatic rings. The molecule has 0 radical (unpaired) electrons. The molecule has 0 aliphatic heterocycles. The Hall–Kier alpha value is -2.41. The normalized spacial score (nSPS) is 10.2. The van der Waals surface area contributed by atoms with E-state index in [-0.39, 0.29) is 23.1 Å². The molecular weight excluding hydrogens is 299 g/mol. The summed E-state index contributed by atoms with van der Waals surface area (Å²) >= 11 is 5.69. The topological polar surface area (TPSA) is 80.1 Å². The Labute approximate surface area is 125 Å². The molecule has 0 saturated carbocycles. The van der Waals surface area contributed by atoms with Crippen molar-refractivity contribution in [1.82, 2.24) is 4.98 Å². The van der Waals surface area contributed by atoms with E-state index in [1.807, 2.05) is 0 Å². The zero-order valence-electron chi connectivity index (χ0n) is 11.1. The third-order valence-corrected chi connectivity index (χ3v) is 3.06. The van der Waals surface area contributed by atoms with Crippen LogP contribution < -0.4 is 10.6 Å². The second-order valence-electron chi connectivity index (χ2n) is 4.17. The minimum Gasteiger partial charge on any atom is -0.373 e. The summed E-state index contributed by atoms with van der Waals surface area (Å²) in [7, 11) is 1.66. The molecular formula is C13H12ClFN4O2. The third kappa shape index (κ3) is 3.57.